The molecule has 68 valence electrons. The lowest BCUT2D eigenvalue weighted by Gasteiger charge is -2.10. The van der Waals surface area contributed by atoms with Gasteiger partial charge in [0.2, 0.25) is 0 Å². The maximum Gasteiger partial charge on any atom is 0.0910 e. The SMILES string of the molecule is C#CCC(O)c1cc(C)ccc1Br. The Bertz CT molecular complexity index is 338. The van der Waals surface area contributed by atoms with Crippen LogP contribution in [-0.4, -0.2) is 5.11 Å². The summed E-state index contributed by atoms with van der Waals surface area (Å²) in [6.07, 6.45) is 4.91. The Labute approximate surface area is 86.9 Å². The molecule has 1 N–H and O–H groups in total. The van der Waals surface area contributed by atoms with Crippen LogP contribution in [0.3, 0.4) is 0 Å². The first-order chi connectivity index (χ1) is 6.15. The van der Waals surface area contributed by atoms with E-state index in [1.165, 1.54) is 0 Å². The van der Waals surface area contributed by atoms with Gasteiger partial charge in [0.1, 0.15) is 0 Å². The average molecular weight is 239 g/mol. The van der Waals surface area contributed by atoms with E-state index in [4.69, 9.17) is 6.42 Å². The van der Waals surface area contributed by atoms with E-state index in [1.54, 1.807) is 0 Å². The van der Waals surface area contributed by atoms with Crippen molar-refractivity contribution in [1.82, 2.24) is 0 Å². The van der Waals surface area contributed by atoms with Crippen LogP contribution in [0.2, 0.25) is 0 Å². The lowest BCUT2D eigenvalue weighted by Crippen LogP contribution is -1.97. The van der Waals surface area contributed by atoms with E-state index in [9.17, 15) is 5.11 Å². The number of rotatable bonds is 2. The lowest BCUT2D eigenvalue weighted by atomic mass is 10.0. The van der Waals surface area contributed by atoms with E-state index in [-0.39, 0.29) is 0 Å². The monoisotopic (exact) mass is 238 g/mol. The first-order valence-electron chi connectivity index (χ1n) is 4.02. The normalized spacial score (nSPS) is 12.2. The van der Waals surface area contributed by atoms with Gasteiger partial charge in [-0.2, -0.15) is 0 Å². The number of aliphatic hydroxyl groups excluding tert-OH is 1. The fourth-order valence-electron chi connectivity index (χ4n) is 1.14. The highest BCUT2D eigenvalue weighted by atomic mass is 79.9. The molecule has 0 heterocycles. The third kappa shape index (κ3) is 2.58. The topological polar surface area (TPSA) is 20.2 Å². The summed E-state index contributed by atoms with van der Waals surface area (Å²) in [5.41, 5.74) is 1.98. The smallest absolute Gasteiger partial charge is 0.0910 e. The predicted molar refractivity (Wildman–Crippen MR) is 57.3 cm³/mol. The van der Waals surface area contributed by atoms with Crippen molar-refractivity contribution in [2.45, 2.75) is 19.4 Å². The van der Waals surface area contributed by atoms with Crippen LogP contribution in [0.1, 0.15) is 23.7 Å². The number of halogens is 1. The quantitative estimate of drug-likeness (QED) is 0.787. The molecule has 0 saturated carbocycles. The van der Waals surface area contributed by atoms with Crippen LogP contribution in [0, 0.1) is 19.3 Å². The number of terminal acetylenes is 1. The van der Waals surface area contributed by atoms with E-state index >= 15 is 0 Å². The summed E-state index contributed by atoms with van der Waals surface area (Å²) in [6.45, 7) is 1.98. The van der Waals surface area contributed by atoms with Gasteiger partial charge in [-0.1, -0.05) is 33.6 Å². The van der Waals surface area contributed by atoms with Crippen molar-refractivity contribution in [2.24, 2.45) is 0 Å². The van der Waals surface area contributed by atoms with Crippen LogP contribution in [0.15, 0.2) is 22.7 Å². The molecule has 1 nitrogen and oxygen atoms in total. The van der Waals surface area contributed by atoms with Gasteiger partial charge >= 0.3 is 0 Å². The molecular formula is C11H11BrO. The fourth-order valence-corrected chi connectivity index (χ4v) is 1.65. The minimum Gasteiger partial charge on any atom is -0.387 e. The zero-order chi connectivity index (χ0) is 9.84. The van der Waals surface area contributed by atoms with E-state index in [2.05, 4.69) is 21.9 Å². The fraction of sp³-hybridized carbons (Fsp3) is 0.273. The van der Waals surface area contributed by atoms with E-state index in [0.717, 1.165) is 15.6 Å². The molecule has 1 rings (SSSR count). The summed E-state index contributed by atoms with van der Waals surface area (Å²) >= 11 is 3.37. The standard InChI is InChI=1S/C11H11BrO/c1-3-4-11(13)9-7-8(2)5-6-10(9)12/h1,5-7,11,13H,4H2,2H3. The molecule has 1 aromatic rings. The molecule has 0 aliphatic rings. The van der Waals surface area contributed by atoms with Gasteiger partial charge in [-0.25, -0.2) is 0 Å². The summed E-state index contributed by atoms with van der Waals surface area (Å²) in [4.78, 5) is 0. The first kappa shape index (κ1) is 10.3. The first-order valence-corrected chi connectivity index (χ1v) is 4.82. The van der Waals surface area contributed by atoms with Crippen molar-refractivity contribution in [2.75, 3.05) is 0 Å². The van der Waals surface area contributed by atoms with Gasteiger partial charge in [-0.05, 0) is 18.6 Å². The molecule has 0 saturated heterocycles. The number of aliphatic hydroxyl groups is 1. The van der Waals surface area contributed by atoms with E-state index in [0.29, 0.717) is 6.42 Å². The van der Waals surface area contributed by atoms with Gasteiger partial charge in [0.05, 0.1) is 6.10 Å². The molecule has 0 aliphatic heterocycles. The van der Waals surface area contributed by atoms with Gasteiger partial charge in [0, 0.05) is 10.9 Å². The number of hydrogen-bond donors (Lipinski definition) is 1. The van der Waals surface area contributed by atoms with Crippen LogP contribution in [0.25, 0.3) is 0 Å². The second-order valence-corrected chi connectivity index (χ2v) is 3.80. The number of aryl methyl sites for hydroxylation is 1. The van der Waals surface area contributed by atoms with Gasteiger partial charge in [0.15, 0.2) is 0 Å². The van der Waals surface area contributed by atoms with Gasteiger partial charge in [-0.15, -0.1) is 12.3 Å². The van der Waals surface area contributed by atoms with Crippen molar-refractivity contribution in [3.63, 3.8) is 0 Å². The molecule has 2 heteroatoms. The Balaban J connectivity index is 3.00. The molecule has 13 heavy (non-hydrogen) atoms. The van der Waals surface area contributed by atoms with Crippen LogP contribution in [0.4, 0.5) is 0 Å². The molecule has 1 aromatic carbocycles. The third-order valence-corrected chi connectivity index (χ3v) is 2.54. The van der Waals surface area contributed by atoms with Crippen LogP contribution in [-0.2, 0) is 0 Å². The summed E-state index contributed by atoms with van der Waals surface area (Å²) in [7, 11) is 0. The Morgan fingerprint density at radius 1 is 1.62 bits per heavy atom. The highest BCUT2D eigenvalue weighted by molar-refractivity contribution is 9.10. The summed E-state index contributed by atoms with van der Waals surface area (Å²) in [5, 5.41) is 9.65. The summed E-state index contributed by atoms with van der Waals surface area (Å²) in [5.74, 6) is 2.44. The molecule has 0 radical (unpaired) electrons. The second-order valence-electron chi connectivity index (χ2n) is 2.95. The van der Waals surface area contributed by atoms with Gasteiger partial charge < -0.3 is 5.11 Å². The highest BCUT2D eigenvalue weighted by Gasteiger charge is 2.09. The van der Waals surface area contributed by atoms with E-state index < -0.39 is 6.10 Å². The average Bonchev–Trinajstić information content (AvgIpc) is 2.09. The minimum absolute atomic E-state index is 0.349. The number of hydrogen-bond acceptors (Lipinski definition) is 1. The second kappa shape index (κ2) is 4.45. The molecule has 0 amide bonds. The molecule has 0 spiro atoms. The van der Waals surface area contributed by atoms with Crippen LogP contribution < -0.4 is 0 Å². The Hall–Kier alpha value is -0.780. The third-order valence-electron chi connectivity index (χ3n) is 1.82. The maximum absolute atomic E-state index is 9.65. The van der Waals surface area contributed by atoms with Crippen molar-refractivity contribution in [3.8, 4) is 12.3 Å². The lowest BCUT2D eigenvalue weighted by molar-refractivity contribution is 0.183. The van der Waals surface area contributed by atoms with Crippen LogP contribution in [0.5, 0.6) is 0 Å². The number of benzene rings is 1. The molecular weight excluding hydrogens is 228 g/mol. The largest absolute Gasteiger partial charge is 0.387 e. The molecule has 0 aromatic heterocycles. The zero-order valence-electron chi connectivity index (χ0n) is 7.42. The Morgan fingerprint density at radius 3 is 2.92 bits per heavy atom. The predicted octanol–water partition coefficient (Wildman–Crippen LogP) is 2.81. The van der Waals surface area contributed by atoms with Crippen LogP contribution >= 0.6 is 15.9 Å². The Kier molecular flexibility index (Phi) is 3.53. The zero-order valence-corrected chi connectivity index (χ0v) is 9.01. The van der Waals surface area contributed by atoms with Crippen molar-refractivity contribution in [3.05, 3.63) is 33.8 Å². The van der Waals surface area contributed by atoms with Gasteiger partial charge in [-0.3, -0.25) is 0 Å². The van der Waals surface area contributed by atoms with Crippen molar-refractivity contribution in [1.29, 1.82) is 0 Å². The minimum atomic E-state index is -0.570. The Morgan fingerprint density at radius 2 is 2.31 bits per heavy atom. The van der Waals surface area contributed by atoms with E-state index in [1.807, 2.05) is 25.1 Å². The van der Waals surface area contributed by atoms with Crippen molar-refractivity contribution < 1.29 is 5.11 Å². The summed E-state index contributed by atoms with van der Waals surface area (Å²) < 4.78 is 0.904. The maximum atomic E-state index is 9.65. The molecule has 1 unspecified atom stereocenters. The molecule has 1 atom stereocenters. The van der Waals surface area contributed by atoms with Gasteiger partial charge in [0.25, 0.3) is 0 Å². The molecule has 0 bridgehead atoms. The van der Waals surface area contributed by atoms with Crippen molar-refractivity contribution >= 4 is 15.9 Å². The highest BCUT2D eigenvalue weighted by Crippen LogP contribution is 2.26. The molecule has 0 aliphatic carbocycles. The molecule has 0 fully saturated rings. The summed E-state index contributed by atoms with van der Waals surface area (Å²) in [6, 6.07) is 5.84.